The van der Waals surface area contributed by atoms with Gasteiger partial charge in [0.25, 0.3) is 0 Å². The highest BCUT2D eigenvalue weighted by molar-refractivity contribution is 7.66. The molecule has 5 atom stereocenters. The van der Waals surface area contributed by atoms with Gasteiger partial charge in [-0.1, -0.05) is 6.58 Å². The molecule has 1 fully saturated rings. The van der Waals surface area contributed by atoms with Crippen LogP contribution in [0.5, 0.6) is 0 Å². The van der Waals surface area contributed by atoms with Crippen molar-refractivity contribution >= 4 is 23.5 Å². The molecule has 1 heterocycles. The summed E-state index contributed by atoms with van der Waals surface area (Å²) in [4.78, 5) is 51.6. The van der Waals surface area contributed by atoms with E-state index in [1.54, 1.807) is 6.92 Å². The van der Waals surface area contributed by atoms with E-state index in [9.17, 15) is 32.9 Å². The van der Waals surface area contributed by atoms with Gasteiger partial charge in [0.05, 0.1) is 24.2 Å². The molecule has 1 aliphatic rings. The first kappa shape index (κ1) is 26.2. The molecule has 2 unspecified atom stereocenters. The lowest BCUT2D eigenvalue weighted by Gasteiger charge is -2.31. The Labute approximate surface area is 174 Å². The lowest BCUT2D eigenvalue weighted by atomic mass is 9.83. The van der Waals surface area contributed by atoms with Crippen LogP contribution in [0.4, 0.5) is 4.39 Å². The van der Waals surface area contributed by atoms with Crippen LogP contribution in [-0.4, -0.2) is 53.6 Å². The van der Waals surface area contributed by atoms with E-state index in [0.29, 0.717) is 5.69 Å². The molecule has 0 aliphatic heterocycles. The van der Waals surface area contributed by atoms with Crippen molar-refractivity contribution in [3.05, 3.63) is 40.6 Å². The van der Waals surface area contributed by atoms with Gasteiger partial charge in [0.2, 0.25) is 0 Å². The molecule has 1 aliphatic carbocycles. The fourth-order valence-corrected chi connectivity index (χ4v) is 6.13. The standard InChI is InChI=1S/C13H20FN2O12P3/c1-8-3-4-16(12(18)15-8)10-5-11(17)13(6-14,9(10)2)7-26-30(22,23)28-31(24,25)27-29(19,20)21/h3-4,10-11,17H,2,5-7H2,1H3,(H,22,23)(H,24,25)(H2,19,20,21)/t10-,11-,13-/m0/s1. The number of rotatable bonds is 9. The molecule has 0 bridgehead atoms. The highest BCUT2D eigenvalue weighted by Gasteiger charge is 2.53. The minimum absolute atomic E-state index is 0.0890. The largest absolute Gasteiger partial charge is 0.490 e. The molecule has 0 amide bonds. The predicted octanol–water partition coefficient (Wildman–Crippen LogP) is 0.713. The summed E-state index contributed by atoms with van der Waals surface area (Å²) >= 11 is 0. The van der Waals surface area contributed by atoms with Crippen LogP contribution in [-0.2, 0) is 26.8 Å². The Morgan fingerprint density at radius 2 is 1.87 bits per heavy atom. The monoisotopic (exact) mass is 508 g/mol. The quantitative estimate of drug-likeness (QED) is 0.230. The molecular weight excluding hydrogens is 488 g/mol. The third kappa shape index (κ3) is 6.25. The van der Waals surface area contributed by atoms with Crippen LogP contribution in [0.25, 0.3) is 0 Å². The average molecular weight is 508 g/mol. The van der Waals surface area contributed by atoms with Gasteiger partial charge >= 0.3 is 29.2 Å². The second kappa shape index (κ2) is 9.05. The summed E-state index contributed by atoms with van der Waals surface area (Å²) in [6, 6.07) is 0.540. The maximum Gasteiger partial charge on any atom is 0.490 e. The van der Waals surface area contributed by atoms with Gasteiger partial charge in [-0.05, 0) is 25.0 Å². The lowest BCUT2D eigenvalue weighted by Crippen LogP contribution is -2.38. The SMILES string of the molecule is C=C1[C@@H](n2ccc(C)nc2=O)C[C@H](O)[C@@]1(CF)COP(=O)(O)OP(=O)(O)OP(=O)(O)O. The first-order chi connectivity index (χ1) is 14.0. The van der Waals surface area contributed by atoms with E-state index in [4.69, 9.17) is 14.7 Å². The minimum atomic E-state index is -5.76. The van der Waals surface area contributed by atoms with Crippen molar-refractivity contribution in [2.45, 2.75) is 25.5 Å². The number of alkyl halides is 1. The Balaban J connectivity index is 2.23. The van der Waals surface area contributed by atoms with E-state index in [2.05, 4.69) is 24.7 Å². The molecule has 18 heteroatoms. The van der Waals surface area contributed by atoms with Crippen molar-refractivity contribution < 1.29 is 55.9 Å². The van der Waals surface area contributed by atoms with Gasteiger partial charge in [-0.3, -0.25) is 9.09 Å². The molecular formula is C13H20FN2O12P3. The van der Waals surface area contributed by atoms with Gasteiger partial charge in [-0.2, -0.15) is 13.6 Å². The molecule has 0 spiro atoms. The number of phosphoric ester groups is 1. The number of aryl methyl sites for hydroxylation is 1. The second-order valence-corrected chi connectivity index (χ2v) is 11.1. The normalized spacial score (nSPS) is 28.3. The summed E-state index contributed by atoms with van der Waals surface area (Å²) in [7, 11) is -16.9. The fourth-order valence-electron chi connectivity index (χ4n) is 3.04. The van der Waals surface area contributed by atoms with E-state index >= 15 is 0 Å². The molecule has 0 saturated heterocycles. The van der Waals surface area contributed by atoms with Crippen LogP contribution in [0.2, 0.25) is 0 Å². The van der Waals surface area contributed by atoms with Gasteiger partial charge in [-0.25, -0.2) is 22.9 Å². The summed E-state index contributed by atoms with van der Waals surface area (Å²) in [6.45, 7) is 2.76. The van der Waals surface area contributed by atoms with Crippen LogP contribution in [0.1, 0.15) is 18.2 Å². The van der Waals surface area contributed by atoms with Crippen LogP contribution < -0.4 is 5.69 Å². The van der Waals surface area contributed by atoms with E-state index in [0.717, 1.165) is 4.57 Å². The third-order valence-electron chi connectivity index (χ3n) is 4.57. The topological polar surface area (TPSA) is 215 Å². The Bertz CT molecular complexity index is 1060. The van der Waals surface area contributed by atoms with Gasteiger partial charge in [0.1, 0.15) is 6.67 Å². The molecule has 2 rings (SSSR count). The average Bonchev–Trinajstić information content (AvgIpc) is 2.81. The Morgan fingerprint density at radius 3 is 2.39 bits per heavy atom. The van der Waals surface area contributed by atoms with Gasteiger partial charge in [0.15, 0.2) is 0 Å². The molecule has 1 aromatic heterocycles. The zero-order valence-electron chi connectivity index (χ0n) is 15.8. The van der Waals surface area contributed by atoms with E-state index < -0.39 is 60.0 Å². The molecule has 5 N–H and O–H groups in total. The predicted molar refractivity (Wildman–Crippen MR) is 100 cm³/mol. The van der Waals surface area contributed by atoms with Crippen molar-refractivity contribution in [1.29, 1.82) is 0 Å². The van der Waals surface area contributed by atoms with Gasteiger partial charge in [0, 0.05) is 11.9 Å². The zero-order valence-corrected chi connectivity index (χ0v) is 18.5. The number of aliphatic hydroxyl groups is 1. The number of aromatic nitrogens is 2. The number of phosphoric acid groups is 3. The number of nitrogens with zero attached hydrogens (tertiary/aromatic N) is 2. The van der Waals surface area contributed by atoms with E-state index in [1.165, 1.54) is 12.3 Å². The first-order valence-electron chi connectivity index (χ1n) is 8.29. The van der Waals surface area contributed by atoms with Crippen LogP contribution in [0.3, 0.4) is 0 Å². The lowest BCUT2D eigenvalue weighted by molar-refractivity contribution is 0.0104. The van der Waals surface area contributed by atoms with Crippen molar-refractivity contribution in [1.82, 2.24) is 9.55 Å². The Morgan fingerprint density at radius 1 is 1.26 bits per heavy atom. The summed E-state index contributed by atoms with van der Waals surface area (Å²) in [5.74, 6) is 0. The number of hydrogen-bond acceptors (Lipinski definition) is 9. The van der Waals surface area contributed by atoms with Gasteiger partial charge < -0.3 is 24.7 Å². The molecule has 176 valence electrons. The van der Waals surface area contributed by atoms with Crippen molar-refractivity contribution in [3.8, 4) is 0 Å². The molecule has 31 heavy (non-hydrogen) atoms. The van der Waals surface area contributed by atoms with Crippen molar-refractivity contribution in [2.75, 3.05) is 13.3 Å². The van der Waals surface area contributed by atoms with Gasteiger partial charge in [-0.15, -0.1) is 0 Å². The summed E-state index contributed by atoms with van der Waals surface area (Å²) < 4.78 is 60.7. The molecule has 1 aromatic rings. The third-order valence-corrected chi connectivity index (χ3v) is 8.35. The molecule has 1 saturated carbocycles. The van der Waals surface area contributed by atoms with Crippen molar-refractivity contribution in [2.24, 2.45) is 5.41 Å². The second-order valence-electron chi connectivity index (χ2n) is 6.71. The van der Waals surface area contributed by atoms with Crippen LogP contribution >= 0.6 is 23.5 Å². The van der Waals surface area contributed by atoms with Crippen molar-refractivity contribution in [3.63, 3.8) is 0 Å². The first-order valence-corrected chi connectivity index (χ1v) is 12.8. The zero-order chi connectivity index (χ0) is 23.8. The summed E-state index contributed by atoms with van der Waals surface area (Å²) in [6.07, 6.45) is -0.438. The van der Waals surface area contributed by atoms with E-state index in [-0.39, 0.29) is 12.0 Å². The highest BCUT2D eigenvalue weighted by Crippen LogP contribution is 2.66. The fraction of sp³-hybridized carbons (Fsp3) is 0.538. The highest BCUT2D eigenvalue weighted by atomic mass is 31.3. The molecule has 0 radical (unpaired) electrons. The van der Waals surface area contributed by atoms with E-state index in [1.807, 2.05) is 0 Å². The number of halogens is 1. The summed E-state index contributed by atoms with van der Waals surface area (Å²) in [5.41, 5.74) is -2.40. The molecule has 0 aromatic carbocycles. The maximum absolute atomic E-state index is 14.0. The maximum atomic E-state index is 14.0. The number of aliphatic hydroxyl groups excluding tert-OH is 1. The smallest absolute Gasteiger partial charge is 0.392 e. The van der Waals surface area contributed by atoms with Crippen LogP contribution in [0, 0.1) is 12.3 Å². The molecule has 14 nitrogen and oxygen atoms in total. The Hall–Kier alpha value is -1.08. The Kier molecular flexibility index (Phi) is 7.64. The minimum Gasteiger partial charge on any atom is -0.392 e. The summed E-state index contributed by atoms with van der Waals surface area (Å²) in [5, 5.41) is 10.4. The number of hydrogen-bond donors (Lipinski definition) is 5. The van der Waals surface area contributed by atoms with Crippen LogP contribution in [0.15, 0.2) is 29.2 Å².